The van der Waals surface area contributed by atoms with E-state index in [1.807, 2.05) is 6.07 Å². The van der Waals surface area contributed by atoms with E-state index in [9.17, 15) is 4.79 Å². The maximum Gasteiger partial charge on any atom is 0.251 e. The summed E-state index contributed by atoms with van der Waals surface area (Å²) in [5.41, 5.74) is 2.86. The van der Waals surface area contributed by atoms with Gasteiger partial charge in [0.15, 0.2) is 0 Å². The molecule has 5 heteroatoms. The van der Waals surface area contributed by atoms with E-state index in [-0.39, 0.29) is 5.91 Å². The molecule has 27 heavy (non-hydrogen) atoms. The summed E-state index contributed by atoms with van der Waals surface area (Å²) in [6, 6.07) is 15.2. The Morgan fingerprint density at radius 1 is 1.19 bits per heavy atom. The zero-order valence-corrected chi connectivity index (χ0v) is 16.7. The van der Waals surface area contributed by atoms with Gasteiger partial charge in [0.05, 0.1) is 11.0 Å². The third kappa shape index (κ3) is 4.89. The number of amides is 1. The summed E-state index contributed by atoms with van der Waals surface area (Å²) in [6.45, 7) is 6.08. The number of rotatable bonds is 8. The number of imidazole rings is 1. The van der Waals surface area contributed by atoms with Crippen LogP contribution >= 0.6 is 11.6 Å². The first-order valence-electron chi connectivity index (χ1n) is 9.56. The molecule has 0 saturated carbocycles. The Hall–Kier alpha value is -2.33. The fourth-order valence-electron chi connectivity index (χ4n) is 3.11. The highest BCUT2D eigenvalue weighted by Gasteiger charge is 2.12. The number of carbonyl (C=O) groups excluding carboxylic acids is 1. The molecular formula is C22H26ClN3O. The Morgan fingerprint density at radius 2 is 1.93 bits per heavy atom. The van der Waals surface area contributed by atoms with Crippen molar-refractivity contribution < 1.29 is 4.79 Å². The van der Waals surface area contributed by atoms with Gasteiger partial charge in [-0.3, -0.25) is 4.79 Å². The molecule has 142 valence electrons. The normalized spacial score (nSPS) is 12.3. The first-order chi connectivity index (χ1) is 13.1. The number of carbonyl (C=O) groups is 1. The zero-order chi connectivity index (χ0) is 19.2. The molecule has 3 aromatic rings. The number of aryl methyl sites for hydroxylation is 1. The highest BCUT2D eigenvalue weighted by Crippen LogP contribution is 2.19. The van der Waals surface area contributed by atoms with Crippen molar-refractivity contribution in [3.63, 3.8) is 0 Å². The Bertz CT molecular complexity index is 902. The third-order valence-electron chi connectivity index (χ3n) is 4.89. The second kappa shape index (κ2) is 9.05. The number of halogens is 1. The fourth-order valence-corrected chi connectivity index (χ4v) is 3.24. The van der Waals surface area contributed by atoms with Crippen LogP contribution in [0.5, 0.6) is 0 Å². The summed E-state index contributed by atoms with van der Waals surface area (Å²) in [5.74, 6) is 1.63. The van der Waals surface area contributed by atoms with Crippen molar-refractivity contribution in [1.29, 1.82) is 0 Å². The van der Waals surface area contributed by atoms with Gasteiger partial charge in [0, 0.05) is 30.1 Å². The topological polar surface area (TPSA) is 46.9 Å². The van der Waals surface area contributed by atoms with Gasteiger partial charge in [-0.2, -0.15) is 0 Å². The first-order valence-corrected chi connectivity index (χ1v) is 9.94. The van der Waals surface area contributed by atoms with E-state index in [0.717, 1.165) is 37.1 Å². The van der Waals surface area contributed by atoms with Crippen LogP contribution in [0.15, 0.2) is 48.5 Å². The number of nitrogens with zero attached hydrogens (tertiary/aromatic N) is 2. The second-order valence-corrected chi connectivity index (χ2v) is 7.44. The zero-order valence-electron chi connectivity index (χ0n) is 15.9. The van der Waals surface area contributed by atoms with E-state index in [1.54, 1.807) is 24.3 Å². The molecular weight excluding hydrogens is 358 g/mol. The van der Waals surface area contributed by atoms with Crippen LogP contribution in [0, 0.1) is 5.92 Å². The molecule has 1 unspecified atom stereocenters. The highest BCUT2D eigenvalue weighted by molar-refractivity contribution is 6.30. The maximum atomic E-state index is 12.2. The molecule has 0 aliphatic rings. The van der Waals surface area contributed by atoms with Crippen LogP contribution in [-0.2, 0) is 13.0 Å². The van der Waals surface area contributed by atoms with Crippen molar-refractivity contribution in [3.8, 4) is 0 Å². The Balaban J connectivity index is 1.62. The lowest BCUT2D eigenvalue weighted by Gasteiger charge is -2.14. The van der Waals surface area contributed by atoms with Gasteiger partial charge in [-0.1, -0.05) is 44.0 Å². The van der Waals surface area contributed by atoms with Gasteiger partial charge in [0.25, 0.3) is 5.91 Å². The number of nitrogens with one attached hydrogen (secondary N) is 1. The van der Waals surface area contributed by atoms with Crippen molar-refractivity contribution in [1.82, 2.24) is 14.9 Å². The van der Waals surface area contributed by atoms with Crippen molar-refractivity contribution in [3.05, 3.63) is 64.9 Å². The molecule has 1 N–H and O–H groups in total. The van der Waals surface area contributed by atoms with Gasteiger partial charge in [-0.05, 0) is 48.7 Å². The molecule has 1 heterocycles. The molecule has 3 rings (SSSR count). The van der Waals surface area contributed by atoms with Gasteiger partial charge < -0.3 is 9.88 Å². The monoisotopic (exact) mass is 383 g/mol. The standard InChI is InChI=1S/C22H26ClN3O/c1-3-16(2)15-26-20-8-5-4-7-19(20)25-21(26)9-6-14-24-22(27)17-10-12-18(23)13-11-17/h4-5,7-8,10-13,16H,3,6,9,14-15H2,1-2H3,(H,24,27). The minimum atomic E-state index is -0.0697. The van der Waals surface area contributed by atoms with E-state index < -0.39 is 0 Å². The van der Waals surface area contributed by atoms with Gasteiger partial charge >= 0.3 is 0 Å². The molecule has 0 spiro atoms. The predicted octanol–water partition coefficient (Wildman–Crippen LogP) is 5.10. The van der Waals surface area contributed by atoms with E-state index >= 15 is 0 Å². The van der Waals surface area contributed by atoms with Crippen LogP contribution < -0.4 is 5.32 Å². The van der Waals surface area contributed by atoms with Crippen LogP contribution in [-0.4, -0.2) is 22.0 Å². The summed E-state index contributed by atoms with van der Waals surface area (Å²) in [4.78, 5) is 17.0. The molecule has 0 saturated heterocycles. The van der Waals surface area contributed by atoms with Crippen molar-refractivity contribution in [2.24, 2.45) is 5.92 Å². The number of para-hydroxylation sites is 2. The lowest BCUT2D eigenvalue weighted by atomic mass is 10.1. The molecule has 2 aromatic carbocycles. The van der Waals surface area contributed by atoms with Crippen LogP contribution in [0.25, 0.3) is 11.0 Å². The third-order valence-corrected chi connectivity index (χ3v) is 5.15. The minimum Gasteiger partial charge on any atom is -0.352 e. The minimum absolute atomic E-state index is 0.0697. The van der Waals surface area contributed by atoms with Crippen LogP contribution in [0.3, 0.4) is 0 Å². The van der Waals surface area contributed by atoms with Crippen LogP contribution in [0.4, 0.5) is 0 Å². The van der Waals surface area contributed by atoms with Crippen LogP contribution in [0.1, 0.15) is 42.9 Å². The smallest absolute Gasteiger partial charge is 0.251 e. The van der Waals surface area contributed by atoms with Gasteiger partial charge in [0.1, 0.15) is 5.82 Å². The van der Waals surface area contributed by atoms with Crippen molar-refractivity contribution in [2.45, 2.75) is 39.7 Å². The average Bonchev–Trinajstić information content (AvgIpc) is 3.03. The summed E-state index contributed by atoms with van der Waals surface area (Å²) < 4.78 is 2.34. The maximum absolute atomic E-state index is 12.2. The number of hydrogen-bond donors (Lipinski definition) is 1. The summed E-state index contributed by atoms with van der Waals surface area (Å²) >= 11 is 5.86. The summed E-state index contributed by atoms with van der Waals surface area (Å²) in [5, 5.41) is 3.61. The first kappa shape index (κ1) is 19.4. The lowest BCUT2D eigenvalue weighted by Crippen LogP contribution is -2.25. The molecule has 0 aliphatic heterocycles. The molecule has 4 nitrogen and oxygen atoms in total. The molecule has 0 radical (unpaired) electrons. The SMILES string of the molecule is CCC(C)Cn1c(CCCNC(=O)c2ccc(Cl)cc2)nc2ccccc21. The van der Waals surface area contributed by atoms with Gasteiger partial charge in [0.2, 0.25) is 0 Å². The second-order valence-electron chi connectivity index (χ2n) is 7.01. The molecule has 0 fully saturated rings. The number of aromatic nitrogens is 2. The van der Waals surface area contributed by atoms with E-state index in [2.05, 4.69) is 41.9 Å². The largest absolute Gasteiger partial charge is 0.352 e. The summed E-state index contributed by atoms with van der Waals surface area (Å²) in [6.07, 6.45) is 2.83. The number of hydrogen-bond acceptors (Lipinski definition) is 2. The predicted molar refractivity (Wildman–Crippen MR) is 111 cm³/mol. The Labute approximate surface area is 165 Å². The van der Waals surface area contributed by atoms with Crippen molar-refractivity contribution >= 4 is 28.5 Å². The highest BCUT2D eigenvalue weighted by atomic mass is 35.5. The summed E-state index contributed by atoms with van der Waals surface area (Å²) in [7, 11) is 0. The number of fused-ring (bicyclic) bond motifs is 1. The van der Waals surface area contributed by atoms with Gasteiger partial charge in [-0.25, -0.2) is 4.98 Å². The Kier molecular flexibility index (Phi) is 6.51. The quantitative estimate of drug-likeness (QED) is 0.550. The molecule has 1 amide bonds. The molecule has 1 atom stereocenters. The van der Waals surface area contributed by atoms with Crippen LogP contribution in [0.2, 0.25) is 5.02 Å². The molecule has 0 bridgehead atoms. The fraction of sp³-hybridized carbons (Fsp3) is 0.364. The average molecular weight is 384 g/mol. The Morgan fingerprint density at radius 3 is 2.67 bits per heavy atom. The van der Waals surface area contributed by atoms with Crippen molar-refractivity contribution in [2.75, 3.05) is 6.54 Å². The number of benzene rings is 2. The van der Waals surface area contributed by atoms with E-state index in [1.165, 1.54) is 5.52 Å². The van der Waals surface area contributed by atoms with E-state index in [0.29, 0.717) is 23.0 Å². The lowest BCUT2D eigenvalue weighted by molar-refractivity contribution is 0.0953. The van der Waals surface area contributed by atoms with E-state index in [4.69, 9.17) is 16.6 Å². The molecule has 1 aromatic heterocycles. The molecule has 0 aliphatic carbocycles. The van der Waals surface area contributed by atoms with Gasteiger partial charge in [-0.15, -0.1) is 0 Å².